The number of aromatic nitrogens is 3. The molecule has 0 amide bonds. The molecule has 3 rings (SSSR count). The molecule has 1 aromatic carbocycles. The van der Waals surface area contributed by atoms with Gasteiger partial charge in [0.1, 0.15) is 24.4 Å². The molecule has 0 atom stereocenters. The van der Waals surface area contributed by atoms with Crippen LogP contribution in [0.3, 0.4) is 0 Å². The van der Waals surface area contributed by atoms with E-state index in [9.17, 15) is 4.79 Å². The predicted molar refractivity (Wildman–Crippen MR) is 71.0 cm³/mol. The van der Waals surface area contributed by atoms with Crippen LogP contribution in [0.4, 0.5) is 0 Å². The Bertz CT molecular complexity index is 649. The molecule has 0 N–H and O–H groups in total. The molecule has 0 aliphatic carbocycles. The lowest BCUT2D eigenvalue weighted by Crippen LogP contribution is -2.10. The zero-order chi connectivity index (χ0) is 14.1. The van der Waals surface area contributed by atoms with Gasteiger partial charge >= 0.3 is 0 Å². The largest absolute Gasteiger partial charge is 0.485 e. The third-order valence-corrected chi connectivity index (χ3v) is 3.12. The van der Waals surface area contributed by atoms with Gasteiger partial charge in [-0.3, -0.25) is 4.79 Å². The molecule has 104 valence electrons. The normalized spacial score (nSPS) is 13.4. The van der Waals surface area contributed by atoms with E-state index in [1.54, 1.807) is 18.2 Å². The van der Waals surface area contributed by atoms with Crippen molar-refractivity contribution in [1.29, 1.82) is 0 Å². The number of Topliss-reactive ketones (excluding diaryl/α,β-unsaturated/α-hetero) is 1. The summed E-state index contributed by atoms with van der Waals surface area (Å²) in [6, 6.07) is 5.46. The molecule has 0 spiro atoms. The number of carbonyl (C=O) groups is 1. The fourth-order valence-corrected chi connectivity index (χ4v) is 2.12. The van der Waals surface area contributed by atoms with Crippen molar-refractivity contribution in [2.75, 3.05) is 6.61 Å². The van der Waals surface area contributed by atoms with Gasteiger partial charge in [-0.05, 0) is 26.0 Å². The van der Waals surface area contributed by atoms with E-state index in [0.717, 1.165) is 5.82 Å². The molecule has 0 bridgehead atoms. The Morgan fingerprint density at radius 2 is 2.30 bits per heavy atom. The molecule has 1 aliphatic heterocycles. The number of carbonyl (C=O) groups excluding carboxylic acids is 1. The highest BCUT2D eigenvalue weighted by Gasteiger charge is 2.21. The number of fused-ring (bicyclic) bond motifs is 1. The second kappa shape index (κ2) is 4.96. The number of nitrogens with zero attached hydrogens (tertiary/aromatic N) is 3. The summed E-state index contributed by atoms with van der Waals surface area (Å²) < 4.78 is 12.8. The molecule has 2 heterocycles. The van der Waals surface area contributed by atoms with Gasteiger partial charge in [-0.15, -0.1) is 0 Å². The van der Waals surface area contributed by atoms with E-state index in [1.165, 1.54) is 6.33 Å². The minimum Gasteiger partial charge on any atom is -0.485 e. The number of hydrogen-bond acceptors (Lipinski definition) is 5. The van der Waals surface area contributed by atoms with Crippen molar-refractivity contribution in [3.05, 3.63) is 35.9 Å². The summed E-state index contributed by atoms with van der Waals surface area (Å²) in [4.78, 5) is 15.6. The first-order valence-electron chi connectivity index (χ1n) is 6.46. The van der Waals surface area contributed by atoms with Gasteiger partial charge in [-0.2, -0.15) is 5.10 Å². The maximum Gasteiger partial charge on any atom is 0.203 e. The molecule has 6 heteroatoms. The van der Waals surface area contributed by atoms with Crippen molar-refractivity contribution < 1.29 is 14.3 Å². The Labute approximate surface area is 116 Å². The number of hydrogen-bond donors (Lipinski definition) is 0. The zero-order valence-corrected chi connectivity index (χ0v) is 11.4. The van der Waals surface area contributed by atoms with Gasteiger partial charge < -0.3 is 9.47 Å². The van der Waals surface area contributed by atoms with E-state index in [2.05, 4.69) is 10.1 Å². The van der Waals surface area contributed by atoms with Crippen LogP contribution >= 0.6 is 0 Å². The number of benzene rings is 1. The lowest BCUT2D eigenvalue weighted by Gasteiger charge is -2.10. The molecule has 1 aromatic heterocycles. The molecule has 0 unspecified atom stereocenters. The third kappa shape index (κ3) is 2.24. The van der Waals surface area contributed by atoms with Crippen LogP contribution in [0, 0.1) is 0 Å². The van der Waals surface area contributed by atoms with E-state index in [0.29, 0.717) is 23.7 Å². The molecular weight excluding hydrogens is 258 g/mol. The first-order chi connectivity index (χ1) is 9.65. The standard InChI is InChI=1S/C14H15N3O3/c1-9(2)17-14(15-8-16-17)7-19-10-3-4-11-12(18)6-20-13(11)5-10/h3-5,8-9H,6-7H2,1-2H3. The Kier molecular flexibility index (Phi) is 3.14. The smallest absolute Gasteiger partial charge is 0.203 e. The minimum absolute atomic E-state index is 0.00565. The number of ether oxygens (including phenoxy) is 2. The fraction of sp³-hybridized carbons (Fsp3) is 0.357. The molecule has 1 aliphatic rings. The van der Waals surface area contributed by atoms with E-state index < -0.39 is 0 Å². The van der Waals surface area contributed by atoms with Gasteiger partial charge in [0, 0.05) is 12.1 Å². The van der Waals surface area contributed by atoms with Gasteiger partial charge in [0.15, 0.2) is 12.4 Å². The van der Waals surface area contributed by atoms with Crippen LogP contribution < -0.4 is 9.47 Å². The van der Waals surface area contributed by atoms with Crippen LogP contribution in [0.5, 0.6) is 11.5 Å². The predicted octanol–water partition coefficient (Wildman–Crippen LogP) is 2.01. The summed E-state index contributed by atoms with van der Waals surface area (Å²) >= 11 is 0. The minimum atomic E-state index is 0.00565. The van der Waals surface area contributed by atoms with Gasteiger partial charge in [-0.1, -0.05) is 0 Å². The Balaban J connectivity index is 1.73. The summed E-state index contributed by atoms with van der Waals surface area (Å²) in [7, 11) is 0. The zero-order valence-electron chi connectivity index (χ0n) is 11.4. The third-order valence-electron chi connectivity index (χ3n) is 3.12. The summed E-state index contributed by atoms with van der Waals surface area (Å²) in [5, 5.41) is 4.15. The van der Waals surface area contributed by atoms with Crippen molar-refractivity contribution in [2.45, 2.75) is 26.5 Å². The van der Waals surface area contributed by atoms with Crippen LogP contribution in [0.25, 0.3) is 0 Å². The van der Waals surface area contributed by atoms with E-state index in [1.807, 2.05) is 18.5 Å². The average molecular weight is 273 g/mol. The highest BCUT2D eigenvalue weighted by molar-refractivity contribution is 6.02. The van der Waals surface area contributed by atoms with E-state index >= 15 is 0 Å². The Hall–Kier alpha value is -2.37. The molecule has 2 aromatic rings. The Morgan fingerprint density at radius 3 is 3.10 bits per heavy atom. The first-order valence-corrected chi connectivity index (χ1v) is 6.46. The molecule has 0 saturated carbocycles. The van der Waals surface area contributed by atoms with Crippen LogP contribution in [-0.4, -0.2) is 27.2 Å². The van der Waals surface area contributed by atoms with Crippen molar-refractivity contribution in [2.24, 2.45) is 0 Å². The van der Waals surface area contributed by atoms with Gasteiger partial charge in [-0.25, -0.2) is 9.67 Å². The Morgan fingerprint density at radius 1 is 1.45 bits per heavy atom. The quantitative estimate of drug-likeness (QED) is 0.852. The van der Waals surface area contributed by atoms with Gasteiger partial charge in [0.05, 0.1) is 5.56 Å². The second-order valence-electron chi connectivity index (χ2n) is 4.87. The molecule has 0 saturated heterocycles. The average Bonchev–Trinajstić information content (AvgIpc) is 3.03. The molecule has 6 nitrogen and oxygen atoms in total. The maximum absolute atomic E-state index is 11.5. The molecule has 20 heavy (non-hydrogen) atoms. The highest BCUT2D eigenvalue weighted by atomic mass is 16.5. The van der Waals surface area contributed by atoms with Crippen molar-refractivity contribution in [3.63, 3.8) is 0 Å². The van der Waals surface area contributed by atoms with Gasteiger partial charge in [0.25, 0.3) is 0 Å². The van der Waals surface area contributed by atoms with Crippen LogP contribution in [-0.2, 0) is 6.61 Å². The fourth-order valence-electron chi connectivity index (χ4n) is 2.12. The lowest BCUT2D eigenvalue weighted by molar-refractivity contribution is 0.0961. The summed E-state index contributed by atoms with van der Waals surface area (Å²) in [6.07, 6.45) is 1.52. The van der Waals surface area contributed by atoms with Crippen LogP contribution in [0.15, 0.2) is 24.5 Å². The number of rotatable bonds is 4. The van der Waals surface area contributed by atoms with Crippen LogP contribution in [0.2, 0.25) is 0 Å². The number of ketones is 1. The SMILES string of the molecule is CC(C)n1ncnc1COc1ccc2c(c1)OCC2=O. The first kappa shape index (κ1) is 12.7. The van der Waals surface area contributed by atoms with Gasteiger partial charge in [0.2, 0.25) is 5.78 Å². The van der Waals surface area contributed by atoms with E-state index in [-0.39, 0.29) is 18.4 Å². The highest BCUT2D eigenvalue weighted by Crippen LogP contribution is 2.29. The van der Waals surface area contributed by atoms with E-state index in [4.69, 9.17) is 9.47 Å². The molecular formula is C14H15N3O3. The van der Waals surface area contributed by atoms with Crippen molar-refractivity contribution in [1.82, 2.24) is 14.8 Å². The summed E-state index contributed by atoms with van der Waals surface area (Å²) in [5.41, 5.74) is 0.614. The summed E-state index contributed by atoms with van der Waals surface area (Å²) in [6.45, 7) is 4.51. The monoisotopic (exact) mass is 273 g/mol. The van der Waals surface area contributed by atoms with Crippen LogP contribution in [0.1, 0.15) is 36.1 Å². The lowest BCUT2D eigenvalue weighted by atomic mass is 10.1. The topological polar surface area (TPSA) is 66.2 Å². The summed E-state index contributed by atoms with van der Waals surface area (Å²) in [5.74, 6) is 2.00. The van der Waals surface area contributed by atoms with Crippen molar-refractivity contribution in [3.8, 4) is 11.5 Å². The second-order valence-corrected chi connectivity index (χ2v) is 4.87. The molecule has 0 radical (unpaired) electrons. The molecule has 0 fully saturated rings. The van der Waals surface area contributed by atoms with Crippen molar-refractivity contribution >= 4 is 5.78 Å². The maximum atomic E-state index is 11.5.